The lowest BCUT2D eigenvalue weighted by molar-refractivity contribution is -0.172. The van der Waals surface area contributed by atoms with E-state index < -0.39 is 0 Å². The van der Waals surface area contributed by atoms with Crippen LogP contribution in [-0.2, 0) is 14.9 Å². The lowest BCUT2D eigenvalue weighted by Crippen LogP contribution is -2.62. The van der Waals surface area contributed by atoms with Crippen molar-refractivity contribution >= 4 is 5.78 Å². The van der Waals surface area contributed by atoms with E-state index in [-0.39, 0.29) is 16.2 Å². The molecule has 3 heteroatoms. The Morgan fingerprint density at radius 1 is 1.06 bits per heavy atom. The van der Waals surface area contributed by atoms with Gasteiger partial charge in [-0.15, -0.1) is 0 Å². The highest BCUT2D eigenvalue weighted by atomic mass is 16.5. The van der Waals surface area contributed by atoms with Gasteiger partial charge in [-0.05, 0) is 106 Å². The average Bonchev–Trinajstić information content (AvgIpc) is 2.78. The van der Waals surface area contributed by atoms with Crippen LogP contribution in [0.25, 0.3) is 0 Å². The molecule has 6 bridgehead atoms. The molecular weight excluding hydrogens is 382 g/mol. The summed E-state index contributed by atoms with van der Waals surface area (Å²) in [6, 6.07) is 11.2. The van der Waals surface area contributed by atoms with E-state index in [9.17, 15) is 4.79 Å². The third kappa shape index (κ3) is 3.33. The first-order valence-electron chi connectivity index (χ1n) is 12.9. The van der Waals surface area contributed by atoms with Crippen molar-refractivity contribution in [2.45, 2.75) is 70.1 Å². The number of ketones is 1. The Hall–Kier alpha value is -1.19. The van der Waals surface area contributed by atoms with Gasteiger partial charge in [0.25, 0.3) is 0 Å². The molecule has 3 saturated heterocycles. The van der Waals surface area contributed by atoms with Gasteiger partial charge in [-0.25, -0.2) is 0 Å². The Balaban J connectivity index is 1.32. The molecule has 3 nitrogen and oxygen atoms in total. The van der Waals surface area contributed by atoms with Crippen LogP contribution in [-0.4, -0.2) is 43.5 Å². The minimum Gasteiger partial charge on any atom is -0.381 e. The number of carbonyl (C=O) groups is 1. The van der Waals surface area contributed by atoms with E-state index in [1.165, 1.54) is 57.3 Å². The van der Waals surface area contributed by atoms with Gasteiger partial charge < -0.3 is 9.64 Å². The number of nitrogens with zero attached hydrogens (tertiary/aromatic N) is 1. The highest BCUT2D eigenvalue weighted by Gasteiger charge is 2.65. The quantitative estimate of drug-likeness (QED) is 0.604. The smallest absolute Gasteiger partial charge is 0.139 e. The highest BCUT2D eigenvalue weighted by Crippen LogP contribution is 2.70. The van der Waals surface area contributed by atoms with Gasteiger partial charge in [0.1, 0.15) is 5.78 Å². The maximum Gasteiger partial charge on any atom is 0.139 e. The van der Waals surface area contributed by atoms with Crippen LogP contribution in [0.2, 0.25) is 0 Å². The van der Waals surface area contributed by atoms with Crippen LogP contribution in [0.4, 0.5) is 0 Å². The maximum atomic E-state index is 14.2. The van der Waals surface area contributed by atoms with E-state index in [0.717, 1.165) is 44.8 Å². The number of hydrogen-bond acceptors (Lipinski definition) is 3. The summed E-state index contributed by atoms with van der Waals surface area (Å²) in [5, 5.41) is 0. The highest BCUT2D eigenvalue weighted by molar-refractivity contribution is 5.86. The summed E-state index contributed by atoms with van der Waals surface area (Å²) in [4.78, 5) is 16.8. The van der Waals surface area contributed by atoms with Crippen molar-refractivity contribution in [3.8, 4) is 0 Å². The molecule has 4 aliphatic carbocycles. The Morgan fingerprint density at radius 2 is 1.87 bits per heavy atom. The minimum absolute atomic E-state index is 0.0988. The van der Waals surface area contributed by atoms with Gasteiger partial charge in [0, 0.05) is 25.0 Å². The molecule has 1 aromatic carbocycles. The van der Waals surface area contributed by atoms with Gasteiger partial charge in [-0.1, -0.05) is 30.3 Å². The van der Waals surface area contributed by atoms with Crippen molar-refractivity contribution in [3.63, 3.8) is 0 Å². The van der Waals surface area contributed by atoms with Crippen molar-refractivity contribution in [1.29, 1.82) is 0 Å². The van der Waals surface area contributed by atoms with Crippen LogP contribution < -0.4 is 0 Å². The van der Waals surface area contributed by atoms with Gasteiger partial charge in [-0.2, -0.15) is 0 Å². The Bertz CT molecular complexity index is 831. The van der Waals surface area contributed by atoms with Crippen molar-refractivity contribution in [2.24, 2.45) is 28.6 Å². The average molecular weight is 422 g/mol. The largest absolute Gasteiger partial charge is 0.381 e. The summed E-state index contributed by atoms with van der Waals surface area (Å²) in [6.07, 6.45) is 10.6. The minimum atomic E-state index is -0.0988. The summed E-state index contributed by atoms with van der Waals surface area (Å²) in [7, 11) is 0. The molecule has 3 heterocycles. The summed E-state index contributed by atoms with van der Waals surface area (Å²) in [5.74, 6) is 2.71. The van der Waals surface area contributed by atoms with Crippen LogP contribution in [0.5, 0.6) is 0 Å². The van der Waals surface area contributed by atoms with Crippen LogP contribution in [0.1, 0.15) is 70.3 Å². The third-order valence-corrected chi connectivity index (χ3v) is 10.0. The van der Waals surface area contributed by atoms with Gasteiger partial charge in [0.2, 0.25) is 0 Å². The molecule has 2 unspecified atom stereocenters. The zero-order valence-electron chi connectivity index (χ0n) is 19.3. The number of fused-ring (bicyclic) bond motifs is 3. The molecule has 7 aliphatic rings. The lowest BCUT2D eigenvalue weighted by atomic mass is 9.37. The topological polar surface area (TPSA) is 29.5 Å². The second-order valence-electron chi connectivity index (χ2n) is 12.1. The normalized spacial score (nSPS) is 45.2. The first-order valence-corrected chi connectivity index (χ1v) is 12.9. The molecule has 0 radical (unpaired) electrons. The van der Waals surface area contributed by atoms with Gasteiger partial charge >= 0.3 is 0 Å². The predicted octanol–water partition coefficient (Wildman–Crippen LogP) is 5.23. The van der Waals surface area contributed by atoms with Crippen molar-refractivity contribution < 1.29 is 9.53 Å². The molecule has 0 aromatic heterocycles. The Kier molecular flexibility index (Phi) is 4.89. The number of benzene rings is 1. The van der Waals surface area contributed by atoms with Crippen molar-refractivity contribution in [1.82, 2.24) is 4.90 Å². The van der Waals surface area contributed by atoms with Gasteiger partial charge in [0.05, 0.1) is 6.61 Å². The molecule has 1 aromatic rings. The summed E-state index contributed by atoms with van der Waals surface area (Å²) < 4.78 is 6.10. The van der Waals surface area contributed by atoms with Gasteiger partial charge in [0.15, 0.2) is 0 Å². The van der Waals surface area contributed by atoms with Crippen LogP contribution in [0, 0.1) is 28.6 Å². The van der Waals surface area contributed by atoms with Crippen molar-refractivity contribution in [3.05, 3.63) is 35.9 Å². The van der Waals surface area contributed by atoms with E-state index in [1.54, 1.807) is 0 Å². The van der Waals surface area contributed by atoms with Gasteiger partial charge in [-0.3, -0.25) is 4.79 Å². The summed E-state index contributed by atoms with van der Waals surface area (Å²) in [6.45, 7) is 7.44. The summed E-state index contributed by atoms with van der Waals surface area (Å²) in [5.41, 5.74) is 1.77. The van der Waals surface area contributed by atoms with Crippen LogP contribution in [0.3, 0.4) is 0 Å². The first-order chi connectivity index (χ1) is 15.0. The zero-order chi connectivity index (χ0) is 21.1. The molecule has 0 spiro atoms. The Morgan fingerprint density at radius 3 is 2.58 bits per heavy atom. The SMILES string of the molecule is CCOC[C@]12CC3CC(C(=O)C[C@@H]4CN5CCC4CC5)(C1)C[C@@](c1ccccc1)(C3)C2. The van der Waals surface area contributed by atoms with E-state index in [2.05, 4.69) is 42.2 Å². The van der Waals surface area contributed by atoms with Crippen molar-refractivity contribution in [2.75, 3.05) is 32.8 Å². The summed E-state index contributed by atoms with van der Waals surface area (Å²) >= 11 is 0. The molecule has 7 fully saturated rings. The Labute approximate surface area is 187 Å². The second kappa shape index (κ2) is 7.42. The molecular formula is C28H39NO2. The van der Waals surface area contributed by atoms with E-state index in [0.29, 0.717) is 17.6 Å². The standard InChI is InChI=1S/C28H39NO2/c1-2-31-20-26-13-21-14-27(17-26,24-6-4-3-5-7-24)19-28(15-21,18-26)25(30)12-23-16-29-10-8-22(23)9-11-29/h3-7,21-23H,2,8-20H2,1H3/t21?,23-,26+,27-,28?/m1/s1. The van der Waals surface area contributed by atoms with E-state index >= 15 is 0 Å². The monoisotopic (exact) mass is 421 g/mol. The molecule has 31 heavy (non-hydrogen) atoms. The zero-order valence-corrected chi connectivity index (χ0v) is 19.3. The number of rotatable bonds is 7. The number of ether oxygens (including phenoxy) is 1. The maximum absolute atomic E-state index is 14.2. The number of carbonyl (C=O) groups excluding carboxylic acids is 1. The van der Waals surface area contributed by atoms with E-state index in [4.69, 9.17) is 4.74 Å². The molecule has 4 saturated carbocycles. The lowest BCUT2D eigenvalue weighted by Gasteiger charge is -2.66. The third-order valence-electron chi connectivity index (χ3n) is 10.0. The fourth-order valence-electron chi connectivity index (χ4n) is 9.32. The number of hydrogen-bond donors (Lipinski definition) is 0. The second-order valence-corrected chi connectivity index (χ2v) is 12.1. The molecule has 5 atom stereocenters. The number of piperidine rings is 3. The first kappa shape index (κ1) is 20.4. The fraction of sp³-hybridized carbons (Fsp3) is 0.750. The molecule has 0 amide bonds. The van der Waals surface area contributed by atoms with E-state index in [1.807, 2.05) is 0 Å². The van der Waals surface area contributed by atoms with Crippen LogP contribution >= 0.6 is 0 Å². The molecule has 0 N–H and O–H groups in total. The molecule has 8 rings (SSSR count). The van der Waals surface area contributed by atoms with Crippen LogP contribution in [0.15, 0.2) is 30.3 Å². The fourth-order valence-corrected chi connectivity index (χ4v) is 9.32. The molecule has 3 aliphatic heterocycles. The molecule has 168 valence electrons. The predicted molar refractivity (Wildman–Crippen MR) is 123 cm³/mol. The number of Topliss-reactive ketones (excluding diaryl/α,β-unsaturated/α-hetero) is 1.